The average molecular weight is 238 g/mol. The van der Waals surface area contributed by atoms with Gasteiger partial charge in [-0.15, -0.1) is 0 Å². The molecule has 0 spiro atoms. The molecule has 0 aromatic carbocycles. The third-order valence-corrected chi connectivity index (χ3v) is 2.91. The fourth-order valence-corrected chi connectivity index (χ4v) is 1.95. The topological polar surface area (TPSA) is 77.5 Å². The molecule has 1 saturated heterocycles. The predicted molar refractivity (Wildman–Crippen MR) is 62.4 cm³/mol. The fourth-order valence-electron chi connectivity index (χ4n) is 1.95. The van der Waals surface area contributed by atoms with Gasteiger partial charge in [0.25, 0.3) is 0 Å². The molecule has 1 aliphatic rings. The lowest BCUT2D eigenvalue weighted by Gasteiger charge is -2.12. The van der Waals surface area contributed by atoms with Crippen LogP contribution in [0.4, 0.5) is 0 Å². The molecule has 0 aliphatic carbocycles. The van der Waals surface area contributed by atoms with Crippen molar-refractivity contribution in [1.29, 1.82) is 0 Å². The number of carbonyl (C=O) groups excluding carboxylic acids is 1. The second-order valence-electron chi connectivity index (χ2n) is 4.18. The molecule has 5 nitrogen and oxygen atoms in total. The molecule has 1 amide bonds. The minimum absolute atomic E-state index is 0.0378. The first-order valence-electron chi connectivity index (χ1n) is 5.95. The zero-order valence-corrected chi connectivity index (χ0v) is 9.72. The van der Waals surface area contributed by atoms with Crippen molar-refractivity contribution < 1.29 is 13.9 Å². The van der Waals surface area contributed by atoms with Crippen LogP contribution in [0.1, 0.15) is 18.6 Å². The van der Waals surface area contributed by atoms with Crippen LogP contribution in [-0.4, -0.2) is 31.2 Å². The van der Waals surface area contributed by atoms with Crippen molar-refractivity contribution in [3.05, 3.63) is 24.2 Å². The molecule has 0 saturated carbocycles. The van der Waals surface area contributed by atoms with Gasteiger partial charge in [-0.1, -0.05) is 0 Å². The molecule has 2 heterocycles. The monoisotopic (exact) mass is 238 g/mol. The maximum atomic E-state index is 11.7. The minimum Gasteiger partial charge on any atom is -0.469 e. The largest absolute Gasteiger partial charge is 0.469 e. The van der Waals surface area contributed by atoms with Crippen molar-refractivity contribution in [2.45, 2.75) is 31.5 Å². The summed E-state index contributed by atoms with van der Waals surface area (Å²) < 4.78 is 10.7. The van der Waals surface area contributed by atoms with Crippen molar-refractivity contribution >= 4 is 5.91 Å². The summed E-state index contributed by atoms with van der Waals surface area (Å²) in [5, 5.41) is 2.84. The highest BCUT2D eigenvalue weighted by atomic mass is 16.5. The molecule has 1 aliphatic heterocycles. The van der Waals surface area contributed by atoms with E-state index in [1.807, 2.05) is 12.1 Å². The van der Waals surface area contributed by atoms with Crippen LogP contribution < -0.4 is 11.1 Å². The lowest BCUT2D eigenvalue weighted by Crippen LogP contribution is -2.36. The van der Waals surface area contributed by atoms with E-state index in [0.717, 1.165) is 18.6 Å². The van der Waals surface area contributed by atoms with Gasteiger partial charge in [0.1, 0.15) is 11.9 Å². The Labute approximate surface area is 100 Å². The Morgan fingerprint density at radius 2 is 2.41 bits per heavy atom. The van der Waals surface area contributed by atoms with Crippen molar-refractivity contribution in [3.63, 3.8) is 0 Å². The molecule has 2 rings (SSSR count). The second kappa shape index (κ2) is 5.84. The number of nitrogens with two attached hydrogens (primary N) is 1. The van der Waals surface area contributed by atoms with Crippen LogP contribution in [0.3, 0.4) is 0 Å². The fraction of sp³-hybridized carbons (Fsp3) is 0.583. The van der Waals surface area contributed by atoms with E-state index in [2.05, 4.69) is 5.32 Å². The van der Waals surface area contributed by atoms with Crippen LogP contribution in [0.25, 0.3) is 0 Å². The van der Waals surface area contributed by atoms with E-state index in [4.69, 9.17) is 14.9 Å². The maximum Gasteiger partial charge on any atom is 0.249 e. The Hall–Kier alpha value is -1.33. The molecular formula is C12H18N2O3. The summed E-state index contributed by atoms with van der Waals surface area (Å²) in [6.07, 6.45) is 3.66. The van der Waals surface area contributed by atoms with E-state index in [1.165, 1.54) is 0 Å². The van der Waals surface area contributed by atoms with Crippen molar-refractivity contribution in [2.24, 2.45) is 5.73 Å². The molecular weight excluding hydrogens is 220 g/mol. The number of nitrogens with one attached hydrogen (secondary N) is 1. The zero-order chi connectivity index (χ0) is 12.1. The summed E-state index contributed by atoms with van der Waals surface area (Å²) in [6.45, 7) is 1.05. The molecule has 94 valence electrons. The lowest BCUT2D eigenvalue weighted by atomic mass is 10.2. The van der Waals surface area contributed by atoms with Gasteiger partial charge in [-0.2, -0.15) is 0 Å². The summed E-state index contributed by atoms with van der Waals surface area (Å²) >= 11 is 0. The predicted octanol–water partition coefficient (Wildman–Crippen LogP) is 0.445. The number of carbonyl (C=O) groups is 1. The number of hydrogen-bond acceptors (Lipinski definition) is 4. The normalized spacial score (nSPS) is 23.8. The number of amides is 1. The molecule has 0 bridgehead atoms. The van der Waals surface area contributed by atoms with Crippen LogP contribution in [-0.2, 0) is 16.0 Å². The summed E-state index contributed by atoms with van der Waals surface area (Å²) in [5.74, 6) is 0.824. The molecule has 5 heteroatoms. The van der Waals surface area contributed by atoms with Gasteiger partial charge in [-0.3, -0.25) is 4.79 Å². The Bertz CT molecular complexity index is 351. The van der Waals surface area contributed by atoms with Crippen LogP contribution >= 0.6 is 0 Å². The van der Waals surface area contributed by atoms with E-state index in [0.29, 0.717) is 19.5 Å². The van der Waals surface area contributed by atoms with Gasteiger partial charge in [0.15, 0.2) is 0 Å². The molecule has 17 heavy (non-hydrogen) atoms. The highest BCUT2D eigenvalue weighted by Gasteiger charge is 2.29. The van der Waals surface area contributed by atoms with Crippen LogP contribution in [0, 0.1) is 0 Å². The van der Waals surface area contributed by atoms with E-state index in [-0.39, 0.29) is 18.1 Å². The standard InChI is InChI=1S/C12H18N2O3/c13-8-10-3-4-11(17-10)12(15)14-6-5-9-2-1-7-16-9/h1-2,7,10-11H,3-6,8,13H2,(H,14,15). The van der Waals surface area contributed by atoms with Gasteiger partial charge in [0.05, 0.1) is 12.4 Å². The van der Waals surface area contributed by atoms with Crippen LogP contribution in [0.2, 0.25) is 0 Å². The Morgan fingerprint density at radius 1 is 1.53 bits per heavy atom. The highest BCUT2D eigenvalue weighted by Crippen LogP contribution is 2.18. The number of hydrogen-bond donors (Lipinski definition) is 2. The van der Waals surface area contributed by atoms with Crippen LogP contribution in [0.5, 0.6) is 0 Å². The molecule has 1 aromatic heterocycles. The quantitative estimate of drug-likeness (QED) is 0.780. The molecule has 2 atom stereocenters. The first-order chi connectivity index (χ1) is 8.29. The first kappa shape index (κ1) is 12.1. The first-order valence-corrected chi connectivity index (χ1v) is 5.95. The van der Waals surface area contributed by atoms with Gasteiger partial charge < -0.3 is 20.2 Å². The third kappa shape index (κ3) is 3.31. The average Bonchev–Trinajstić information content (AvgIpc) is 2.99. The van der Waals surface area contributed by atoms with Crippen LogP contribution in [0.15, 0.2) is 22.8 Å². The molecule has 2 unspecified atom stereocenters. The second-order valence-corrected chi connectivity index (χ2v) is 4.18. The van der Waals surface area contributed by atoms with E-state index in [1.54, 1.807) is 6.26 Å². The minimum atomic E-state index is -0.333. The molecule has 3 N–H and O–H groups in total. The maximum absolute atomic E-state index is 11.7. The molecule has 0 radical (unpaired) electrons. The number of rotatable bonds is 5. The SMILES string of the molecule is NCC1CCC(C(=O)NCCc2ccco2)O1. The van der Waals surface area contributed by atoms with E-state index >= 15 is 0 Å². The van der Waals surface area contributed by atoms with Crippen molar-refractivity contribution in [3.8, 4) is 0 Å². The summed E-state index contributed by atoms with van der Waals surface area (Å²) in [6, 6.07) is 3.73. The van der Waals surface area contributed by atoms with Gasteiger partial charge in [-0.05, 0) is 25.0 Å². The Kier molecular flexibility index (Phi) is 4.17. The number of furan rings is 1. The van der Waals surface area contributed by atoms with Gasteiger partial charge in [0, 0.05) is 19.5 Å². The molecule has 1 fully saturated rings. The highest BCUT2D eigenvalue weighted by molar-refractivity contribution is 5.81. The zero-order valence-electron chi connectivity index (χ0n) is 9.72. The smallest absolute Gasteiger partial charge is 0.249 e. The molecule has 1 aromatic rings. The summed E-state index contributed by atoms with van der Waals surface area (Å²) in [7, 11) is 0. The lowest BCUT2D eigenvalue weighted by molar-refractivity contribution is -0.131. The Balaban J connectivity index is 1.67. The van der Waals surface area contributed by atoms with Crippen molar-refractivity contribution in [2.75, 3.05) is 13.1 Å². The van der Waals surface area contributed by atoms with E-state index < -0.39 is 0 Å². The summed E-state index contributed by atoms with van der Waals surface area (Å²) in [4.78, 5) is 11.7. The third-order valence-electron chi connectivity index (χ3n) is 2.91. The van der Waals surface area contributed by atoms with E-state index in [9.17, 15) is 4.79 Å². The Morgan fingerprint density at radius 3 is 3.06 bits per heavy atom. The summed E-state index contributed by atoms with van der Waals surface area (Å²) in [5.41, 5.74) is 5.49. The van der Waals surface area contributed by atoms with Gasteiger partial charge >= 0.3 is 0 Å². The van der Waals surface area contributed by atoms with Crippen molar-refractivity contribution in [1.82, 2.24) is 5.32 Å². The van der Waals surface area contributed by atoms with Gasteiger partial charge in [0.2, 0.25) is 5.91 Å². The number of ether oxygens (including phenoxy) is 1. The van der Waals surface area contributed by atoms with Gasteiger partial charge in [-0.25, -0.2) is 0 Å².